The van der Waals surface area contributed by atoms with Gasteiger partial charge in [0.2, 0.25) is 0 Å². The SMILES string of the molecule is Cc1cccn2c(=O)cc(CSC(=N)N=C(N)N)nc12. The molecule has 0 spiro atoms. The fourth-order valence-corrected chi connectivity index (χ4v) is 2.28. The summed E-state index contributed by atoms with van der Waals surface area (Å²) in [5, 5.41) is 7.51. The van der Waals surface area contributed by atoms with Crippen molar-refractivity contribution < 1.29 is 0 Å². The minimum atomic E-state index is -0.162. The highest BCUT2D eigenvalue weighted by atomic mass is 32.2. The predicted octanol–water partition coefficient (Wildman–Crippen LogP) is 0.444. The zero-order chi connectivity index (χ0) is 14.7. The highest BCUT2D eigenvalue weighted by Crippen LogP contribution is 2.13. The third-order valence-corrected chi connectivity index (χ3v) is 3.33. The number of hydrogen-bond donors (Lipinski definition) is 3. The molecular formula is C12H14N6OS. The normalized spacial score (nSPS) is 10.4. The number of pyridine rings is 1. The van der Waals surface area contributed by atoms with Crippen molar-refractivity contribution in [2.45, 2.75) is 12.7 Å². The summed E-state index contributed by atoms with van der Waals surface area (Å²) in [5.74, 6) is 0.195. The Labute approximate surface area is 119 Å². The second-order valence-corrected chi connectivity index (χ2v) is 5.07. The summed E-state index contributed by atoms with van der Waals surface area (Å²) in [4.78, 5) is 20.0. The van der Waals surface area contributed by atoms with Crippen molar-refractivity contribution in [3.63, 3.8) is 0 Å². The van der Waals surface area contributed by atoms with Gasteiger partial charge in [0.15, 0.2) is 11.1 Å². The number of hydrogen-bond acceptors (Lipinski definition) is 4. The van der Waals surface area contributed by atoms with E-state index >= 15 is 0 Å². The molecule has 0 aliphatic carbocycles. The number of thioether (sulfide) groups is 1. The fourth-order valence-electron chi connectivity index (χ4n) is 1.67. The zero-order valence-electron chi connectivity index (χ0n) is 10.8. The van der Waals surface area contributed by atoms with Gasteiger partial charge < -0.3 is 11.5 Å². The maximum Gasteiger partial charge on any atom is 0.258 e. The first-order valence-corrected chi connectivity index (χ1v) is 6.75. The number of nitrogens with two attached hydrogens (primary N) is 2. The lowest BCUT2D eigenvalue weighted by atomic mass is 10.3. The molecule has 0 aliphatic rings. The van der Waals surface area contributed by atoms with Crippen LogP contribution >= 0.6 is 11.8 Å². The van der Waals surface area contributed by atoms with Crippen LogP contribution in [0, 0.1) is 12.3 Å². The number of aromatic nitrogens is 2. The van der Waals surface area contributed by atoms with Gasteiger partial charge in [0.05, 0.1) is 5.69 Å². The van der Waals surface area contributed by atoms with E-state index in [1.807, 2.05) is 13.0 Å². The van der Waals surface area contributed by atoms with E-state index in [9.17, 15) is 4.79 Å². The first-order chi connectivity index (χ1) is 9.47. The van der Waals surface area contributed by atoms with Gasteiger partial charge >= 0.3 is 0 Å². The van der Waals surface area contributed by atoms with Crippen molar-refractivity contribution in [3.8, 4) is 0 Å². The molecule has 0 saturated heterocycles. The number of guanidine groups is 1. The fraction of sp³-hybridized carbons (Fsp3) is 0.167. The van der Waals surface area contributed by atoms with Gasteiger partial charge in [-0.1, -0.05) is 17.8 Å². The average Bonchev–Trinajstić information content (AvgIpc) is 2.37. The standard InChI is InChI=1S/C12H14N6OS/c1-7-3-2-4-18-9(19)5-8(16-10(7)18)6-20-12(15)17-11(13)14/h2-5H,6H2,1H3,(H5,13,14,15,17). The molecule has 0 unspecified atom stereocenters. The van der Waals surface area contributed by atoms with Crippen LogP contribution in [0.1, 0.15) is 11.3 Å². The van der Waals surface area contributed by atoms with E-state index in [0.717, 1.165) is 17.3 Å². The second-order valence-electron chi connectivity index (χ2n) is 4.10. The molecule has 0 fully saturated rings. The highest BCUT2D eigenvalue weighted by Gasteiger charge is 2.06. The summed E-state index contributed by atoms with van der Waals surface area (Å²) in [5.41, 5.74) is 12.3. The minimum absolute atomic E-state index is 0.0169. The van der Waals surface area contributed by atoms with Gasteiger partial charge in [0.1, 0.15) is 5.65 Å². The molecule has 0 radical (unpaired) electrons. The Morgan fingerprint density at radius 2 is 2.30 bits per heavy atom. The average molecular weight is 290 g/mol. The number of aryl methyl sites for hydroxylation is 1. The molecule has 7 nitrogen and oxygen atoms in total. The molecule has 2 heterocycles. The topological polar surface area (TPSA) is 123 Å². The molecule has 2 rings (SSSR count). The third-order valence-electron chi connectivity index (χ3n) is 2.53. The first-order valence-electron chi connectivity index (χ1n) is 5.76. The molecule has 0 bridgehead atoms. The van der Waals surface area contributed by atoms with Crippen LogP contribution in [-0.4, -0.2) is 20.5 Å². The van der Waals surface area contributed by atoms with Gasteiger partial charge in [0.25, 0.3) is 5.56 Å². The van der Waals surface area contributed by atoms with Crippen LogP contribution < -0.4 is 17.0 Å². The van der Waals surface area contributed by atoms with Gasteiger partial charge in [0, 0.05) is 18.0 Å². The molecular weight excluding hydrogens is 276 g/mol. The van der Waals surface area contributed by atoms with Crippen LogP contribution in [0.3, 0.4) is 0 Å². The van der Waals surface area contributed by atoms with E-state index in [1.54, 1.807) is 12.3 Å². The summed E-state index contributed by atoms with van der Waals surface area (Å²) in [7, 11) is 0. The summed E-state index contributed by atoms with van der Waals surface area (Å²) in [6, 6.07) is 5.14. The van der Waals surface area contributed by atoms with Crippen LogP contribution in [0.4, 0.5) is 0 Å². The van der Waals surface area contributed by atoms with Crippen LogP contribution in [0.2, 0.25) is 0 Å². The Morgan fingerprint density at radius 1 is 1.55 bits per heavy atom. The highest BCUT2D eigenvalue weighted by molar-refractivity contribution is 8.13. The van der Waals surface area contributed by atoms with E-state index in [2.05, 4.69) is 9.98 Å². The molecule has 0 aromatic carbocycles. The summed E-state index contributed by atoms with van der Waals surface area (Å²) in [6.07, 6.45) is 1.68. The minimum Gasteiger partial charge on any atom is -0.370 e. The van der Waals surface area contributed by atoms with Crippen LogP contribution in [0.15, 0.2) is 34.2 Å². The number of amidine groups is 1. The number of rotatable bonds is 2. The molecule has 5 N–H and O–H groups in total. The van der Waals surface area contributed by atoms with E-state index in [4.69, 9.17) is 16.9 Å². The Morgan fingerprint density at radius 3 is 3.00 bits per heavy atom. The monoisotopic (exact) mass is 290 g/mol. The predicted molar refractivity (Wildman–Crippen MR) is 81.0 cm³/mol. The van der Waals surface area contributed by atoms with Gasteiger partial charge in [-0.15, -0.1) is 0 Å². The van der Waals surface area contributed by atoms with E-state index in [-0.39, 0.29) is 16.7 Å². The number of nitrogens with zero attached hydrogens (tertiary/aromatic N) is 3. The Hall–Kier alpha value is -2.35. The van der Waals surface area contributed by atoms with Gasteiger partial charge in [-0.25, -0.2) is 4.98 Å². The lowest BCUT2D eigenvalue weighted by Crippen LogP contribution is -2.23. The first kappa shape index (κ1) is 14.1. The van der Waals surface area contributed by atoms with Crippen LogP contribution in [0.25, 0.3) is 5.65 Å². The summed E-state index contributed by atoms with van der Waals surface area (Å²) < 4.78 is 1.49. The number of nitrogens with one attached hydrogen (secondary N) is 1. The van der Waals surface area contributed by atoms with Crippen molar-refractivity contribution in [1.82, 2.24) is 9.38 Å². The molecule has 20 heavy (non-hydrogen) atoms. The van der Waals surface area contributed by atoms with Crippen molar-refractivity contribution in [2.24, 2.45) is 16.5 Å². The number of fused-ring (bicyclic) bond motifs is 1. The van der Waals surface area contributed by atoms with Gasteiger partial charge in [-0.2, -0.15) is 4.99 Å². The summed E-state index contributed by atoms with van der Waals surface area (Å²) >= 11 is 1.11. The Balaban J connectivity index is 2.28. The van der Waals surface area contributed by atoms with Crippen molar-refractivity contribution in [1.29, 1.82) is 5.41 Å². The summed E-state index contributed by atoms with van der Waals surface area (Å²) in [6.45, 7) is 1.89. The molecule has 2 aromatic rings. The lowest BCUT2D eigenvalue weighted by molar-refractivity contribution is 1.00. The molecule has 0 saturated carbocycles. The zero-order valence-corrected chi connectivity index (χ0v) is 11.6. The molecule has 104 valence electrons. The molecule has 8 heteroatoms. The molecule has 0 atom stereocenters. The third kappa shape index (κ3) is 3.15. The Kier molecular flexibility index (Phi) is 4.04. The van der Waals surface area contributed by atoms with Crippen molar-refractivity contribution >= 4 is 28.5 Å². The maximum absolute atomic E-state index is 12.0. The maximum atomic E-state index is 12.0. The van der Waals surface area contributed by atoms with E-state index < -0.39 is 0 Å². The van der Waals surface area contributed by atoms with E-state index in [1.165, 1.54) is 10.5 Å². The van der Waals surface area contributed by atoms with Crippen LogP contribution in [0.5, 0.6) is 0 Å². The second kappa shape index (κ2) is 5.74. The molecule has 0 amide bonds. The smallest absolute Gasteiger partial charge is 0.258 e. The van der Waals surface area contributed by atoms with Crippen LogP contribution in [-0.2, 0) is 5.75 Å². The quantitative estimate of drug-likeness (QED) is 0.547. The van der Waals surface area contributed by atoms with Gasteiger partial charge in [-0.05, 0) is 18.6 Å². The molecule has 2 aromatic heterocycles. The lowest BCUT2D eigenvalue weighted by Gasteiger charge is -2.05. The van der Waals surface area contributed by atoms with E-state index in [0.29, 0.717) is 17.1 Å². The Bertz CT molecular complexity index is 747. The molecule has 0 aliphatic heterocycles. The van der Waals surface area contributed by atoms with Crippen molar-refractivity contribution in [3.05, 3.63) is 46.0 Å². The number of aliphatic imine (C=N–C) groups is 1. The largest absolute Gasteiger partial charge is 0.370 e. The van der Waals surface area contributed by atoms with Gasteiger partial charge in [-0.3, -0.25) is 14.6 Å². The van der Waals surface area contributed by atoms with Crippen molar-refractivity contribution in [2.75, 3.05) is 0 Å².